The molecule has 3 heterocycles. The Morgan fingerprint density at radius 2 is 1.94 bits per heavy atom. The Morgan fingerprint density at radius 3 is 2.61 bits per heavy atom. The molecule has 1 aromatic carbocycles. The lowest BCUT2D eigenvalue weighted by Gasteiger charge is -2.31. The van der Waals surface area contributed by atoms with Crippen molar-refractivity contribution in [2.75, 3.05) is 51.8 Å². The summed E-state index contributed by atoms with van der Waals surface area (Å²) >= 11 is 1.43. The van der Waals surface area contributed by atoms with Crippen molar-refractivity contribution >= 4 is 37.9 Å². The molecular weight excluding hydrogens is 502 g/mol. The first-order valence-electron chi connectivity index (χ1n) is 12.2. The maximum atomic E-state index is 13.2. The Kier molecular flexibility index (Phi) is 7.68. The number of carbonyl (C=O) groups excluding carboxylic acids is 1. The lowest BCUT2D eigenvalue weighted by atomic mass is 10.1. The highest BCUT2D eigenvalue weighted by molar-refractivity contribution is 7.92. The fraction of sp³-hybridized carbons (Fsp3) is 0.542. The lowest BCUT2D eigenvalue weighted by molar-refractivity contribution is -0.110. The van der Waals surface area contributed by atoms with E-state index in [1.54, 1.807) is 18.3 Å². The second-order valence-electron chi connectivity index (χ2n) is 9.46. The molecule has 1 atom stereocenters. The number of amides is 1. The molecule has 10 nitrogen and oxygen atoms in total. The van der Waals surface area contributed by atoms with E-state index in [9.17, 15) is 13.2 Å². The van der Waals surface area contributed by atoms with Gasteiger partial charge in [0.2, 0.25) is 0 Å². The number of ether oxygens (including phenoxy) is 1. The topological polar surface area (TPSA) is 113 Å². The van der Waals surface area contributed by atoms with Gasteiger partial charge in [0.25, 0.3) is 5.91 Å². The van der Waals surface area contributed by atoms with E-state index in [2.05, 4.69) is 32.3 Å². The van der Waals surface area contributed by atoms with Gasteiger partial charge >= 0.3 is 0 Å². The Labute approximate surface area is 215 Å². The number of sulfone groups is 1. The van der Waals surface area contributed by atoms with E-state index in [0.717, 1.165) is 37.6 Å². The zero-order valence-corrected chi connectivity index (χ0v) is 21.9. The number of aromatic nitrogens is 1. The number of carbonyl (C=O) groups is 1. The van der Waals surface area contributed by atoms with Crippen LogP contribution in [0.25, 0.3) is 0 Å². The molecule has 194 valence electrons. The van der Waals surface area contributed by atoms with Gasteiger partial charge in [-0.1, -0.05) is 17.3 Å². The predicted molar refractivity (Wildman–Crippen MR) is 137 cm³/mol. The van der Waals surface area contributed by atoms with Crippen LogP contribution in [-0.2, 0) is 30.8 Å². The predicted octanol–water partition coefficient (Wildman–Crippen LogP) is 1.97. The molecule has 12 heteroatoms. The van der Waals surface area contributed by atoms with Crippen LogP contribution in [0.1, 0.15) is 29.7 Å². The average molecular weight is 534 g/mol. The molecule has 36 heavy (non-hydrogen) atoms. The molecule has 0 radical (unpaired) electrons. The van der Waals surface area contributed by atoms with Gasteiger partial charge in [-0.2, -0.15) is 0 Å². The van der Waals surface area contributed by atoms with Crippen molar-refractivity contribution in [3.63, 3.8) is 0 Å². The molecule has 0 spiro atoms. The third kappa shape index (κ3) is 6.12. The van der Waals surface area contributed by atoms with Crippen molar-refractivity contribution in [3.05, 3.63) is 40.9 Å². The van der Waals surface area contributed by atoms with Gasteiger partial charge in [-0.15, -0.1) is 11.3 Å². The minimum Gasteiger partial charge on any atom is -0.389 e. The first-order chi connectivity index (χ1) is 17.4. The molecule has 1 aliphatic carbocycles. The first-order valence-corrected chi connectivity index (χ1v) is 14.6. The summed E-state index contributed by atoms with van der Waals surface area (Å²) in [6, 6.07) is 6.26. The SMILES string of the molecule is CN1CCN(Cc2cnc(NC(=O)/C(=N/O[C@@H]3CCOC3)c3ccc(S(=O)(=O)C4CC4)cc3)s2)CC1. The van der Waals surface area contributed by atoms with Crippen LogP contribution in [0.5, 0.6) is 0 Å². The van der Waals surface area contributed by atoms with E-state index < -0.39 is 15.7 Å². The molecule has 2 aromatic rings. The maximum Gasteiger partial charge on any atom is 0.280 e. The number of thiazole rings is 1. The van der Waals surface area contributed by atoms with Gasteiger partial charge in [-0.25, -0.2) is 13.4 Å². The Hall–Kier alpha value is -2.38. The van der Waals surface area contributed by atoms with Crippen LogP contribution in [0.2, 0.25) is 0 Å². The van der Waals surface area contributed by atoms with Crippen LogP contribution in [-0.4, -0.2) is 92.6 Å². The number of hydrogen-bond acceptors (Lipinski definition) is 10. The number of piperazine rings is 1. The fourth-order valence-electron chi connectivity index (χ4n) is 4.14. The van der Waals surface area contributed by atoms with Crippen molar-refractivity contribution in [1.29, 1.82) is 0 Å². The van der Waals surface area contributed by atoms with Gasteiger partial charge < -0.3 is 14.5 Å². The molecule has 3 fully saturated rings. The van der Waals surface area contributed by atoms with Crippen molar-refractivity contribution in [2.45, 2.75) is 42.1 Å². The largest absolute Gasteiger partial charge is 0.389 e. The molecule has 5 rings (SSSR count). The number of rotatable bonds is 9. The molecular formula is C24H31N5O5S2. The summed E-state index contributed by atoms with van der Waals surface area (Å²) in [4.78, 5) is 29.2. The third-order valence-electron chi connectivity index (χ3n) is 6.56. The molecule has 1 N–H and O–H groups in total. The Bertz CT molecular complexity index is 1200. The summed E-state index contributed by atoms with van der Waals surface area (Å²) in [7, 11) is -1.19. The quantitative estimate of drug-likeness (QED) is 0.385. The summed E-state index contributed by atoms with van der Waals surface area (Å²) in [6.07, 6.45) is 3.65. The maximum absolute atomic E-state index is 13.2. The summed E-state index contributed by atoms with van der Waals surface area (Å²) in [6.45, 7) is 5.88. The second-order valence-corrected chi connectivity index (χ2v) is 12.8. The van der Waals surface area contributed by atoms with Crippen molar-refractivity contribution in [1.82, 2.24) is 14.8 Å². The monoisotopic (exact) mass is 533 g/mol. The minimum absolute atomic E-state index is 0.0630. The zero-order chi connectivity index (χ0) is 25.1. The van der Waals surface area contributed by atoms with Crippen LogP contribution in [0.3, 0.4) is 0 Å². The molecule has 1 saturated carbocycles. The highest BCUT2D eigenvalue weighted by Crippen LogP contribution is 2.33. The number of likely N-dealkylation sites (N-methyl/N-ethyl adjacent to an activating group) is 1. The first kappa shape index (κ1) is 25.3. The van der Waals surface area contributed by atoms with E-state index in [1.807, 2.05) is 0 Å². The van der Waals surface area contributed by atoms with Gasteiger partial charge in [0.1, 0.15) is 0 Å². The highest BCUT2D eigenvalue weighted by Gasteiger charge is 2.36. The molecule has 1 aromatic heterocycles. The van der Waals surface area contributed by atoms with Gasteiger partial charge in [0.15, 0.2) is 26.8 Å². The van der Waals surface area contributed by atoms with Crippen molar-refractivity contribution in [2.24, 2.45) is 5.16 Å². The fourth-order valence-corrected chi connectivity index (χ4v) is 6.65. The number of anilines is 1. The summed E-state index contributed by atoms with van der Waals surface area (Å²) in [5.74, 6) is -0.466. The summed E-state index contributed by atoms with van der Waals surface area (Å²) < 4.78 is 30.4. The molecule has 1 amide bonds. The van der Waals surface area contributed by atoms with Crippen LogP contribution in [0.4, 0.5) is 5.13 Å². The Morgan fingerprint density at radius 1 is 1.19 bits per heavy atom. The Balaban J connectivity index is 1.29. The second kappa shape index (κ2) is 10.9. The summed E-state index contributed by atoms with van der Waals surface area (Å²) in [5, 5.41) is 7.18. The molecule has 3 aliphatic rings. The van der Waals surface area contributed by atoms with Crippen molar-refractivity contribution in [3.8, 4) is 0 Å². The van der Waals surface area contributed by atoms with Crippen LogP contribution in [0, 0.1) is 0 Å². The van der Waals surface area contributed by atoms with Crippen LogP contribution < -0.4 is 5.32 Å². The molecule has 2 aliphatic heterocycles. The van der Waals surface area contributed by atoms with Gasteiger partial charge in [-0.3, -0.25) is 15.0 Å². The number of benzene rings is 1. The van der Waals surface area contributed by atoms with Crippen molar-refractivity contribution < 1.29 is 22.8 Å². The lowest BCUT2D eigenvalue weighted by Crippen LogP contribution is -2.43. The average Bonchev–Trinajstić information content (AvgIpc) is 3.46. The highest BCUT2D eigenvalue weighted by atomic mass is 32.2. The smallest absolute Gasteiger partial charge is 0.280 e. The number of nitrogens with one attached hydrogen (secondary N) is 1. The number of oxime groups is 1. The van der Waals surface area contributed by atoms with E-state index in [4.69, 9.17) is 9.57 Å². The normalized spacial score (nSPS) is 22.0. The molecule has 0 bridgehead atoms. The number of hydrogen-bond donors (Lipinski definition) is 1. The van der Waals surface area contributed by atoms with E-state index >= 15 is 0 Å². The van der Waals surface area contributed by atoms with Crippen LogP contribution >= 0.6 is 11.3 Å². The minimum atomic E-state index is -3.32. The van der Waals surface area contributed by atoms with E-state index in [-0.39, 0.29) is 22.0 Å². The van der Waals surface area contributed by atoms with E-state index in [1.165, 1.54) is 23.5 Å². The van der Waals surface area contributed by atoms with Gasteiger partial charge in [-0.05, 0) is 32.0 Å². The molecule has 2 saturated heterocycles. The number of nitrogens with zero attached hydrogens (tertiary/aromatic N) is 4. The standard InChI is InChI=1S/C24H31N5O5S2/c1-28-9-11-29(12-10-28)15-19-14-25-24(35-19)26-23(30)22(27-34-18-8-13-33-16-18)17-2-4-20(5-3-17)36(31,32)21-6-7-21/h2-5,14,18,21H,6-13,15-16H2,1H3,(H,25,26,30)/b27-22+/t18-/m1/s1. The van der Waals surface area contributed by atoms with Gasteiger partial charge in [0.05, 0.1) is 23.4 Å². The van der Waals surface area contributed by atoms with Gasteiger partial charge in [0, 0.05) is 55.8 Å². The van der Waals surface area contributed by atoms with Crippen LogP contribution in [0.15, 0.2) is 40.5 Å². The third-order valence-corrected chi connectivity index (χ3v) is 9.74. The molecule has 0 unspecified atom stereocenters. The summed E-state index contributed by atoms with van der Waals surface area (Å²) in [5.41, 5.74) is 0.531. The zero-order valence-electron chi connectivity index (χ0n) is 20.3. The van der Waals surface area contributed by atoms with E-state index in [0.29, 0.717) is 43.2 Å².